The van der Waals surface area contributed by atoms with Crippen LogP contribution < -0.4 is 15.5 Å². The number of furan rings is 1. The van der Waals surface area contributed by atoms with E-state index in [1.165, 1.54) is 25.5 Å². The minimum absolute atomic E-state index is 0.127. The van der Waals surface area contributed by atoms with Gasteiger partial charge in [0.05, 0.1) is 12.3 Å². The van der Waals surface area contributed by atoms with Crippen LogP contribution in [0.1, 0.15) is 51.1 Å². The van der Waals surface area contributed by atoms with E-state index in [0.717, 1.165) is 37.0 Å². The van der Waals surface area contributed by atoms with Crippen LogP contribution in [0.5, 0.6) is 0 Å². The number of imide groups is 1. The van der Waals surface area contributed by atoms with E-state index in [-0.39, 0.29) is 29.1 Å². The lowest BCUT2D eigenvalue weighted by Crippen LogP contribution is -2.63. The average molecular weight is 493 g/mol. The van der Waals surface area contributed by atoms with Crippen molar-refractivity contribution in [2.75, 3.05) is 31.1 Å². The molecule has 0 radical (unpaired) electrons. The Morgan fingerprint density at radius 2 is 1.81 bits per heavy atom. The standard InChI is InChI=1S/C26H32N6O4/c1-16(22(33)29-25(34)30-26-12-17-9-18(13-26)11-19(10-17)14-26)31-4-6-32(7-5-31)24-20(15-27)28-23(36-24)21-3-2-8-35-21/h2-3,8,16-19H,4-7,9-14H2,1H3,(H2,29,30,33,34). The molecule has 2 N–H and O–H groups in total. The number of amides is 3. The Kier molecular flexibility index (Phi) is 5.75. The van der Waals surface area contributed by atoms with E-state index in [1.807, 2.05) is 16.7 Å². The molecule has 10 nitrogen and oxygen atoms in total. The molecule has 0 spiro atoms. The molecule has 5 aliphatic rings. The fourth-order valence-electron chi connectivity index (χ4n) is 7.34. The zero-order valence-electron chi connectivity index (χ0n) is 20.5. The zero-order chi connectivity index (χ0) is 24.9. The number of nitrogens with one attached hydrogen (secondary N) is 2. The largest absolute Gasteiger partial charge is 0.459 e. The Bertz CT molecular complexity index is 1140. The number of hydrogen-bond donors (Lipinski definition) is 2. The number of urea groups is 1. The second kappa shape index (κ2) is 8.96. The van der Waals surface area contributed by atoms with Crippen LogP contribution in [0.15, 0.2) is 27.2 Å². The van der Waals surface area contributed by atoms with Gasteiger partial charge in [0.1, 0.15) is 6.07 Å². The molecule has 7 rings (SSSR count). The molecule has 10 heteroatoms. The third kappa shape index (κ3) is 4.26. The highest BCUT2D eigenvalue weighted by Crippen LogP contribution is 2.55. The first-order chi connectivity index (χ1) is 17.4. The highest BCUT2D eigenvalue weighted by molar-refractivity contribution is 5.97. The van der Waals surface area contributed by atoms with Gasteiger partial charge in [-0.15, -0.1) is 0 Å². The minimum atomic E-state index is -0.446. The molecule has 4 aliphatic carbocycles. The van der Waals surface area contributed by atoms with Crippen molar-refractivity contribution >= 4 is 17.8 Å². The van der Waals surface area contributed by atoms with Crippen molar-refractivity contribution in [3.05, 3.63) is 24.1 Å². The summed E-state index contributed by atoms with van der Waals surface area (Å²) in [7, 11) is 0. The van der Waals surface area contributed by atoms with Crippen LogP contribution in [0.3, 0.4) is 0 Å². The monoisotopic (exact) mass is 492 g/mol. The van der Waals surface area contributed by atoms with Crippen LogP contribution in [0.4, 0.5) is 10.7 Å². The molecule has 4 saturated carbocycles. The van der Waals surface area contributed by atoms with Crippen molar-refractivity contribution in [1.82, 2.24) is 20.5 Å². The van der Waals surface area contributed by atoms with E-state index >= 15 is 0 Å². The summed E-state index contributed by atoms with van der Waals surface area (Å²) in [5.41, 5.74) is 0.0832. The van der Waals surface area contributed by atoms with Crippen LogP contribution >= 0.6 is 0 Å². The summed E-state index contributed by atoms with van der Waals surface area (Å²) >= 11 is 0. The van der Waals surface area contributed by atoms with Gasteiger partial charge in [0.2, 0.25) is 17.5 Å². The van der Waals surface area contributed by atoms with Gasteiger partial charge in [-0.05, 0) is 75.3 Å². The van der Waals surface area contributed by atoms with E-state index in [0.29, 0.717) is 37.8 Å². The van der Waals surface area contributed by atoms with E-state index < -0.39 is 6.04 Å². The quantitative estimate of drug-likeness (QED) is 0.652. The maximum atomic E-state index is 12.9. The van der Waals surface area contributed by atoms with Crippen molar-refractivity contribution in [2.45, 2.75) is 57.0 Å². The van der Waals surface area contributed by atoms with Gasteiger partial charge in [-0.1, -0.05) is 0 Å². The summed E-state index contributed by atoms with van der Waals surface area (Å²) in [5.74, 6) is 3.04. The number of carbonyl (C=O) groups excluding carboxylic acids is 2. The molecule has 2 aromatic rings. The van der Waals surface area contributed by atoms with Crippen LogP contribution in [0.25, 0.3) is 11.7 Å². The number of rotatable bonds is 5. The van der Waals surface area contributed by atoms with Gasteiger partial charge < -0.3 is 19.1 Å². The Morgan fingerprint density at radius 1 is 1.14 bits per heavy atom. The highest BCUT2D eigenvalue weighted by atomic mass is 16.4. The normalized spacial score (nSPS) is 30.1. The fourth-order valence-corrected chi connectivity index (χ4v) is 7.34. The van der Waals surface area contributed by atoms with Crippen molar-refractivity contribution in [1.29, 1.82) is 5.26 Å². The Hall–Kier alpha value is -3.32. The topological polar surface area (TPSA) is 128 Å². The molecule has 190 valence electrons. The first-order valence-electron chi connectivity index (χ1n) is 13.0. The van der Waals surface area contributed by atoms with Crippen molar-refractivity contribution in [3.8, 4) is 17.7 Å². The smallest absolute Gasteiger partial charge is 0.321 e. The average Bonchev–Trinajstić information content (AvgIpc) is 3.52. The molecular formula is C26H32N6O4. The number of nitrogens with zero attached hydrogens (tertiary/aromatic N) is 4. The van der Waals surface area contributed by atoms with Crippen LogP contribution in [0.2, 0.25) is 0 Å². The summed E-state index contributed by atoms with van der Waals surface area (Å²) in [6, 6.07) is 4.75. The molecule has 1 saturated heterocycles. The van der Waals surface area contributed by atoms with Crippen LogP contribution in [-0.2, 0) is 4.79 Å². The Balaban J connectivity index is 1.03. The summed E-state index contributed by atoms with van der Waals surface area (Å²) in [6.07, 6.45) is 8.58. The van der Waals surface area contributed by atoms with Gasteiger partial charge in [-0.2, -0.15) is 10.2 Å². The van der Waals surface area contributed by atoms with E-state index in [1.54, 1.807) is 12.1 Å². The second-order valence-corrected chi connectivity index (χ2v) is 11.1. The number of anilines is 1. The lowest BCUT2D eigenvalue weighted by atomic mass is 9.53. The summed E-state index contributed by atoms with van der Waals surface area (Å²) < 4.78 is 11.2. The molecule has 3 heterocycles. The van der Waals surface area contributed by atoms with Gasteiger partial charge in [-0.25, -0.2) is 4.79 Å². The third-order valence-corrected chi connectivity index (χ3v) is 8.63. The molecule has 2 aromatic heterocycles. The second-order valence-electron chi connectivity index (χ2n) is 11.1. The van der Waals surface area contributed by atoms with Crippen molar-refractivity contribution in [3.63, 3.8) is 0 Å². The number of hydrogen-bond acceptors (Lipinski definition) is 8. The zero-order valence-corrected chi connectivity index (χ0v) is 20.5. The van der Waals surface area contributed by atoms with Gasteiger partial charge in [0, 0.05) is 31.7 Å². The fraction of sp³-hybridized carbons (Fsp3) is 0.615. The first-order valence-corrected chi connectivity index (χ1v) is 13.0. The van der Waals surface area contributed by atoms with Gasteiger partial charge in [0.25, 0.3) is 5.89 Å². The Labute approximate surface area is 210 Å². The summed E-state index contributed by atoms with van der Waals surface area (Å²) in [5, 5.41) is 15.3. The summed E-state index contributed by atoms with van der Waals surface area (Å²) in [4.78, 5) is 34.0. The number of oxazole rings is 1. The maximum Gasteiger partial charge on any atom is 0.321 e. The molecule has 1 atom stereocenters. The highest BCUT2D eigenvalue weighted by Gasteiger charge is 2.51. The first kappa shape index (κ1) is 23.1. The minimum Gasteiger partial charge on any atom is -0.459 e. The SMILES string of the molecule is CC(C(=O)NC(=O)NC12CC3CC(CC(C3)C1)C2)N1CCN(c2oc(-c3ccco3)nc2C#N)CC1. The maximum absolute atomic E-state index is 12.9. The molecule has 1 aliphatic heterocycles. The molecule has 3 amide bonds. The van der Waals surface area contributed by atoms with E-state index in [2.05, 4.69) is 21.7 Å². The van der Waals surface area contributed by atoms with Crippen LogP contribution in [0, 0.1) is 29.1 Å². The molecule has 1 unspecified atom stereocenters. The third-order valence-electron chi connectivity index (χ3n) is 8.63. The Morgan fingerprint density at radius 3 is 2.39 bits per heavy atom. The van der Waals surface area contributed by atoms with Gasteiger partial charge >= 0.3 is 6.03 Å². The van der Waals surface area contributed by atoms with Crippen molar-refractivity contribution < 1.29 is 18.4 Å². The van der Waals surface area contributed by atoms with Gasteiger partial charge in [-0.3, -0.25) is 15.0 Å². The number of aromatic nitrogens is 1. The van der Waals surface area contributed by atoms with Crippen LogP contribution in [-0.4, -0.2) is 59.6 Å². The number of piperazine rings is 1. The number of carbonyl (C=O) groups is 2. The van der Waals surface area contributed by atoms with Crippen molar-refractivity contribution in [2.24, 2.45) is 17.8 Å². The van der Waals surface area contributed by atoms with E-state index in [4.69, 9.17) is 8.83 Å². The predicted octanol–water partition coefficient (Wildman–Crippen LogP) is 3.11. The lowest BCUT2D eigenvalue weighted by molar-refractivity contribution is -0.125. The number of nitriles is 1. The summed E-state index contributed by atoms with van der Waals surface area (Å²) in [6.45, 7) is 4.14. The predicted molar refractivity (Wildman–Crippen MR) is 130 cm³/mol. The van der Waals surface area contributed by atoms with E-state index in [9.17, 15) is 14.9 Å². The molecule has 0 aromatic carbocycles. The molecule has 5 fully saturated rings. The van der Waals surface area contributed by atoms with Gasteiger partial charge in [0.15, 0.2) is 5.76 Å². The molecule has 36 heavy (non-hydrogen) atoms. The lowest BCUT2D eigenvalue weighted by Gasteiger charge is -2.56. The molecular weight excluding hydrogens is 460 g/mol. The molecule has 4 bridgehead atoms.